The third-order valence-corrected chi connectivity index (χ3v) is 7.62. The van der Waals surface area contributed by atoms with E-state index in [1.807, 2.05) is 20.8 Å². The van der Waals surface area contributed by atoms with Gasteiger partial charge in [0.15, 0.2) is 0 Å². The van der Waals surface area contributed by atoms with Crippen LogP contribution in [0.3, 0.4) is 0 Å². The molecule has 0 aromatic rings. The molecule has 0 heterocycles. The van der Waals surface area contributed by atoms with Gasteiger partial charge >= 0.3 is 8.80 Å². The van der Waals surface area contributed by atoms with Gasteiger partial charge in [-0.1, -0.05) is 67.5 Å². The van der Waals surface area contributed by atoms with Crippen molar-refractivity contribution in [1.82, 2.24) is 0 Å². The van der Waals surface area contributed by atoms with Gasteiger partial charge in [0.1, 0.15) is 0 Å². The minimum absolute atomic E-state index is 0.684. The van der Waals surface area contributed by atoms with Crippen LogP contribution in [0.4, 0.5) is 0 Å². The third-order valence-electron chi connectivity index (χ3n) is 3.71. The Bertz CT molecular complexity index is 213. The standard InChI is InChI=1S/C17H37IO3Si/c1-4-19-22(20-5-2,21-6-3)17-15-13-11-9-7-8-10-12-14-16-18/h4-17H2,1-3H3. The Labute approximate surface area is 153 Å². The summed E-state index contributed by atoms with van der Waals surface area (Å²) in [6, 6.07) is 0.970. The van der Waals surface area contributed by atoms with Crippen LogP contribution in [0.15, 0.2) is 0 Å². The summed E-state index contributed by atoms with van der Waals surface area (Å²) in [5.74, 6) is 0. The summed E-state index contributed by atoms with van der Waals surface area (Å²) < 4.78 is 19.0. The van der Waals surface area contributed by atoms with Crippen molar-refractivity contribution in [3.05, 3.63) is 0 Å². The molecule has 0 aromatic carbocycles. The molecular formula is C17H37IO3Si. The molecule has 0 aliphatic rings. The molecule has 0 bridgehead atoms. The monoisotopic (exact) mass is 444 g/mol. The Morgan fingerprint density at radius 1 is 0.591 bits per heavy atom. The molecule has 0 aliphatic heterocycles. The number of halogens is 1. The Morgan fingerprint density at radius 2 is 0.955 bits per heavy atom. The number of hydrogen-bond donors (Lipinski definition) is 0. The van der Waals surface area contributed by atoms with Crippen molar-refractivity contribution in [1.29, 1.82) is 0 Å². The zero-order chi connectivity index (χ0) is 16.5. The highest BCUT2D eigenvalue weighted by atomic mass is 127. The van der Waals surface area contributed by atoms with Crippen LogP contribution in [-0.2, 0) is 13.3 Å². The molecule has 0 saturated heterocycles. The van der Waals surface area contributed by atoms with Crippen LogP contribution < -0.4 is 0 Å². The van der Waals surface area contributed by atoms with Crippen LogP contribution in [0.25, 0.3) is 0 Å². The lowest BCUT2D eigenvalue weighted by Crippen LogP contribution is -2.45. The maximum absolute atomic E-state index is 5.89. The van der Waals surface area contributed by atoms with Gasteiger partial charge in [0.25, 0.3) is 0 Å². The van der Waals surface area contributed by atoms with E-state index in [2.05, 4.69) is 22.6 Å². The molecule has 0 unspecified atom stereocenters. The summed E-state index contributed by atoms with van der Waals surface area (Å²) in [5, 5.41) is 0. The van der Waals surface area contributed by atoms with Crippen LogP contribution in [-0.4, -0.2) is 33.1 Å². The van der Waals surface area contributed by atoms with Gasteiger partial charge in [-0.25, -0.2) is 0 Å². The molecule has 134 valence electrons. The van der Waals surface area contributed by atoms with E-state index < -0.39 is 8.80 Å². The van der Waals surface area contributed by atoms with Crippen molar-refractivity contribution in [3.63, 3.8) is 0 Å². The summed E-state index contributed by atoms with van der Waals surface area (Å²) in [6.07, 6.45) is 12.2. The molecule has 0 aliphatic carbocycles. The number of alkyl halides is 1. The van der Waals surface area contributed by atoms with E-state index in [1.165, 1.54) is 62.2 Å². The molecule has 0 rings (SSSR count). The smallest absolute Gasteiger partial charge is 0.374 e. The minimum atomic E-state index is -2.39. The van der Waals surface area contributed by atoms with E-state index in [0.29, 0.717) is 19.8 Å². The van der Waals surface area contributed by atoms with Crippen LogP contribution in [0.1, 0.15) is 78.6 Å². The molecule has 22 heavy (non-hydrogen) atoms. The summed E-state index contributed by atoms with van der Waals surface area (Å²) in [4.78, 5) is 0. The van der Waals surface area contributed by atoms with Crippen molar-refractivity contribution in [2.24, 2.45) is 0 Å². The van der Waals surface area contributed by atoms with Gasteiger partial charge in [-0.15, -0.1) is 0 Å². The molecule has 5 heteroatoms. The molecule has 0 fully saturated rings. The average Bonchev–Trinajstić information content (AvgIpc) is 2.50. The molecule has 0 amide bonds. The van der Waals surface area contributed by atoms with E-state index >= 15 is 0 Å². The fourth-order valence-corrected chi connectivity index (χ4v) is 5.90. The van der Waals surface area contributed by atoms with Gasteiger partial charge in [-0.3, -0.25) is 0 Å². The van der Waals surface area contributed by atoms with Crippen molar-refractivity contribution in [2.45, 2.75) is 84.6 Å². The van der Waals surface area contributed by atoms with Crippen molar-refractivity contribution < 1.29 is 13.3 Å². The number of rotatable bonds is 17. The van der Waals surface area contributed by atoms with Crippen molar-refractivity contribution in [2.75, 3.05) is 24.2 Å². The second kappa shape index (κ2) is 16.7. The maximum Gasteiger partial charge on any atom is 0.500 e. The molecule has 0 atom stereocenters. The summed E-state index contributed by atoms with van der Waals surface area (Å²) in [7, 11) is -2.39. The first-order valence-electron chi connectivity index (χ1n) is 9.22. The van der Waals surface area contributed by atoms with Gasteiger partial charge in [-0.2, -0.15) is 0 Å². The molecule has 3 nitrogen and oxygen atoms in total. The van der Waals surface area contributed by atoms with E-state index in [-0.39, 0.29) is 0 Å². The maximum atomic E-state index is 5.89. The second-order valence-corrected chi connectivity index (χ2v) is 9.41. The van der Waals surface area contributed by atoms with Gasteiger partial charge < -0.3 is 13.3 Å². The molecule has 0 radical (unpaired) electrons. The third kappa shape index (κ3) is 12.3. The lowest BCUT2D eigenvalue weighted by molar-refractivity contribution is 0.0706. The largest absolute Gasteiger partial charge is 0.500 e. The highest BCUT2D eigenvalue weighted by Gasteiger charge is 2.39. The summed E-state index contributed by atoms with van der Waals surface area (Å²) in [6.45, 7) is 8.13. The lowest BCUT2D eigenvalue weighted by atomic mass is 10.1. The topological polar surface area (TPSA) is 27.7 Å². The SMILES string of the molecule is CCO[Si](CCCCCCCCCCCI)(OCC)OCC. The van der Waals surface area contributed by atoms with Gasteiger partial charge in [0, 0.05) is 25.9 Å². The predicted octanol–water partition coefficient (Wildman–Crippen LogP) is 5.98. The zero-order valence-electron chi connectivity index (χ0n) is 15.0. The number of unbranched alkanes of at least 4 members (excludes halogenated alkanes) is 8. The van der Waals surface area contributed by atoms with Crippen molar-refractivity contribution in [3.8, 4) is 0 Å². The fourth-order valence-electron chi connectivity index (χ4n) is 2.67. The Morgan fingerprint density at radius 3 is 1.32 bits per heavy atom. The molecular weight excluding hydrogens is 407 g/mol. The quantitative estimate of drug-likeness (QED) is 0.120. The highest BCUT2D eigenvalue weighted by molar-refractivity contribution is 14.1. The van der Waals surface area contributed by atoms with Gasteiger partial charge in [0.05, 0.1) is 0 Å². The zero-order valence-corrected chi connectivity index (χ0v) is 18.2. The van der Waals surface area contributed by atoms with Crippen LogP contribution in [0.2, 0.25) is 6.04 Å². The molecule has 0 saturated carbocycles. The molecule has 0 spiro atoms. The van der Waals surface area contributed by atoms with Gasteiger partial charge in [-0.05, 0) is 38.0 Å². The van der Waals surface area contributed by atoms with Crippen LogP contribution in [0.5, 0.6) is 0 Å². The Hall–Kier alpha value is 0.827. The summed E-state index contributed by atoms with van der Waals surface area (Å²) >= 11 is 2.47. The van der Waals surface area contributed by atoms with E-state index in [4.69, 9.17) is 13.3 Å². The lowest BCUT2D eigenvalue weighted by Gasteiger charge is -2.28. The average molecular weight is 444 g/mol. The van der Waals surface area contributed by atoms with Crippen LogP contribution in [0, 0.1) is 0 Å². The first kappa shape index (κ1) is 22.8. The fraction of sp³-hybridized carbons (Fsp3) is 1.00. The Balaban J connectivity index is 3.70. The first-order valence-corrected chi connectivity index (χ1v) is 12.7. The normalized spacial score (nSPS) is 12.0. The minimum Gasteiger partial charge on any atom is -0.374 e. The van der Waals surface area contributed by atoms with E-state index in [0.717, 1.165) is 6.04 Å². The van der Waals surface area contributed by atoms with Crippen LogP contribution >= 0.6 is 22.6 Å². The van der Waals surface area contributed by atoms with E-state index in [9.17, 15) is 0 Å². The second-order valence-electron chi connectivity index (χ2n) is 5.60. The Kier molecular flexibility index (Phi) is 17.3. The molecule has 0 aromatic heterocycles. The molecule has 0 N–H and O–H groups in total. The first-order chi connectivity index (χ1) is 10.7. The summed E-state index contributed by atoms with van der Waals surface area (Å²) in [5.41, 5.74) is 0. The van der Waals surface area contributed by atoms with Gasteiger partial charge in [0.2, 0.25) is 0 Å². The predicted molar refractivity (Wildman–Crippen MR) is 106 cm³/mol. The highest BCUT2D eigenvalue weighted by Crippen LogP contribution is 2.20. The number of hydrogen-bond acceptors (Lipinski definition) is 3. The van der Waals surface area contributed by atoms with Crippen molar-refractivity contribution >= 4 is 31.4 Å². The van der Waals surface area contributed by atoms with E-state index in [1.54, 1.807) is 0 Å².